The Hall–Kier alpha value is -0.520. The van der Waals surface area contributed by atoms with Crippen molar-refractivity contribution >= 4 is 47.2 Å². The highest BCUT2D eigenvalue weighted by Gasteiger charge is 2.22. The van der Waals surface area contributed by atoms with Crippen molar-refractivity contribution in [1.82, 2.24) is 10.2 Å². The Morgan fingerprint density at radius 2 is 1.91 bits per heavy atom. The van der Waals surface area contributed by atoms with Crippen LogP contribution in [0.2, 0.25) is 10.0 Å². The summed E-state index contributed by atoms with van der Waals surface area (Å²) >= 11 is 12.2. The van der Waals surface area contributed by atoms with Gasteiger partial charge in [0.2, 0.25) is 5.91 Å². The molecule has 0 bridgehead atoms. The van der Waals surface area contributed by atoms with Gasteiger partial charge in [-0.15, -0.1) is 12.4 Å². The van der Waals surface area contributed by atoms with Gasteiger partial charge in [0.25, 0.3) is 0 Å². The molecule has 1 aromatic rings. The first-order chi connectivity index (χ1) is 10.6. The molecule has 23 heavy (non-hydrogen) atoms. The van der Waals surface area contributed by atoms with Gasteiger partial charge in [-0.2, -0.15) is 0 Å². The van der Waals surface area contributed by atoms with Crippen LogP contribution in [0.3, 0.4) is 0 Å². The van der Waals surface area contributed by atoms with Crippen LogP contribution in [0.4, 0.5) is 5.69 Å². The first kappa shape index (κ1) is 20.5. The largest absolute Gasteiger partial charge is 0.322 e. The van der Waals surface area contributed by atoms with Gasteiger partial charge in [-0.25, -0.2) is 0 Å². The number of anilines is 1. The normalized spacial score (nSPS) is 15.3. The van der Waals surface area contributed by atoms with Crippen LogP contribution in [-0.2, 0) is 4.79 Å². The topological polar surface area (TPSA) is 44.4 Å². The molecule has 1 aromatic carbocycles. The number of carbonyl (C=O) groups excluding carboxylic acids is 1. The fourth-order valence-corrected chi connectivity index (χ4v) is 3.32. The molecule has 0 spiro atoms. The molecule has 1 aliphatic heterocycles. The lowest BCUT2D eigenvalue weighted by molar-refractivity contribution is -0.118. The average Bonchev–Trinajstić information content (AvgIpc) is 2.51. The maximum Gasteiger partial charge on any atom is 0.238 e. The van der Waals surface area contributed by atoms with Gasteiger partial charge in [0.15, 0.2) is 0 Å². The minimum atomic E-state index is -0.0676. The number of hydrogen-bond donors (Lipinski definition) is 2. The minimum Gasteiger partial charge on any atom is -0.322 e. The molecule has 0 radical (unpaired) electrons. The van der Waals surface area contributed by atoms with Crippen LogP contribution < -0.4 is 10.6 Å². The smallest absolute Gasteiger partial charge is 0.238 e. The van der Waals surface area contributed by atoms with Crippen LogP contribution in [0.1, 0.15) is 26.2 Å². The summed E-state index contributed by atoms with van der Waals surface area (Å²) in [6.07, 6.45) is 3.20. The third-order valence-corrected chi connectivity index (χ3v) is 4.54. The average molecular weight is 381 g/mol. The Morgan fingerprint density at radius 1 is 1.30 bits per heavy atom. The number of amides is 1. The highest BCUT2D eigenvalue weighted by Crippen LogP contribution is 2.29. The number of benzene rings is 1. The van der Waals surface area contributed by atoms with Crippen molar-refractivity contribution in [2.45, 2.75) is 32.2 Å². The number of nitrogens with one attached hydrogen (secondary N) is 2. The zero-order chi connectivity index (χ0) is 15.9. The quantitative estimate of drug-likeness (QED) is 0.788. The van der Waals surface area contributed by atoms with Gasteiger partial charge in [-0.05, 0) is 51.0 Å². The van der Waals surface area contributed by atoms with E-state index in [1.54, 1.807) is 18.2 Å². The van der Waals surface area contributed by atoms with Crippen molar-refractivity contribution in [3.8, 4) is 0 Å². The molecule has 130 valence electrons. The van der Waals surface area contributed by atoms with E-state index in [9.17, 15) is 4.79 Å². The number of hydrogen-bond acceptors (Lipinski definition) is 3. The SMILES string of the molecule is CCCN(CC(=O)Nc1c(Cl)cccc1Cl)C1CCNCC1.Cl. The Balaban J connectivity index is 0.00000264. The van der Waals surface area contributed by atoms with E-state index in [0.717, 1.165) is 38.9 Å². The molecule has 2 rings (SSSR count). The fraction of sp³-hybridized carbons (Fsp3) is 0.562. The van der Waals surface area contributed by atoms with Crippen LogP contribution >= 0.6 is 35.6 Å². The first-order valence-electron chi connectivity index (χ1n) is 7.80. The minimum absolute atomic E-state index is 0. The maximum atomic E-state index is 12.4. The lowest BCUT2D eigenvalue weighted by atomic mass is 10.0. The predicted molar refractivity (Wildman–Crippen MR) is 100 cm³/mol. The van der Waals surface area contributed by atoms with Gasteiger partial charge < -0.3 is 10.6 Å². The van der Waals surface area contributed by atoms with Crippen LogP contribution in [0, 0.1) is 0 Å². The molecular formula is C16H24Cl3N3O. The van der Waals surface area contributed by atoms with Gasteiger partial charge in [0.1, 0.15) is 0 Å². The van der Waals surface area contributed by atoms with E-state index < -0.39 is 0 Å². The van der Waals surface area contributed by atoms with Gasteiger partial charge >= 0.3 is 0 Å². The molecule has 0 aliphatic carbocycles. The van der Waals surface area contributed by atoms with Crippen molar-refractivity contribution in [1.29, 1.82) is 0 Å². The van der Waals surface area contributed by atoms with Crippen molar-refractivity contribution in [2.75, 3.05) is 31.5 Å². The van der Waals surface area contributed by atoms with Crippen molar-refractivity contribution < 1.29 is 4.79 Å². The standard InChI is InChI=1S/C16H23Cl2N3O.ClH/c1-2-10-21(12-6-8-19-9-7-12)11-15(22)20-16-13(17)4-3-5-14(16)18;/h3-5,12,19H,2,6-11H2,1H3,(H,20,22);1H. The number of para-hydroxylation sites is 1. The van der Waals surface area contributed by atoms with Gasteiger partial charge in [-0.1, -0.05) is 36.2 Å². The molecule has 1 aliphatic rings. The Labute approximate surface area is 154 Å². The molecule has 2 N–H and O–H groups in total. The second-order valence-electron chi connectivity index (χ2n) is 5.60. The third-order valence-electron chi connectivity index (χ3n) is 3.91. The summed E-state index contributed by atoms with van der Waals surface area (Å²) in [6.45, 7) is 5.47. The number of halogens is 3. The number of piperidine rings is 1. The molecule has 0 unspecified atom stereocenters. The van der Waals surface area contributed by atoms with E-state index in [0.29, 0.717) is 28.3 Å². The highest BCUT2D eigenvalue weighted by atomic mass is 35.5. The maximum absolute atomic E-state index is 12.4. The van der Waals surface area contributed by atoms with Crippen molar-refractivity contribution in [3.05, 3.63) is 28.2 Å². The molecule has 0 saturated carbocycles. The van der Waals surface area contributed by atoms with Crippen LogP contribution in [0.15, 0.2) is 18.2 Å². The number of rotatable bonds is 6. The lowest BCUT2D eigenvalue weighted by Crippen LogP contribution is -2.46. The summed E-state index contributed by atoms with van der Waals surface area (Å²) < 4.78 is 0. The molecule has 1 fully saturated rings. The van der Waals surface area contributed by atoms with E-state index in [1.807, 2.05) is 0 Å². The molecule has 0 aromatic heterocycles. The summed E-state index contributed by atoms with van der Waals surface area (Å²) in [7, 11) is 0. The lowest BCUT2D eigenvalue weighted by Gasteiger charge is -2.34. The summed E-state index contributed by atoms with van der Waals surface area (Å²) in [6, 6.07) is 5.67. The van der Waals surface area contributed by atoms with Gasteiger partial charge in [0.05, 0.1) is 22.3 Å². The Kier molecular flexibility index (Phi) is 9.25. The number of nitrogens with zero attached hydrogens (tertiary/aromatic N) is 1. The molecule has 1 amide bonds. The highest BCUT2D eigenvalue weighted by molar-refractivity contribution is 6.39. The van der Waals surface area contributed by atoms with Gasteiger partial charge in [-0.3, -0.25) is 9.69 Å². The molecule has 0 atom stereocenters. The molecule has 7 heteroatoms. The first-order valence-corrected chi connectivity index (χ1v) is 8.56. The fourth-order valence-electron chi connectivity index (χ4n) is 2.83. The van der Waals surface area contributed by atoms with E-state index in [4.69, 9.17) is 23.2 Å². The van der Waals surface area contributed by atoms with E-state index >= 15 is 0 Å². The van der Waals surface area contributed by atoms with Crippen LogP contribution in [0.25, 0.3) is 0 Å². The van der Waals surface area contributed by atoms with Gasteiger partial charge in [0, 0.05) is 6.04 Å². The molecule has 4 nitrogen and oxygen atoms in total. The summed E-state index contributed by atoms with van der Waals surface area (Å²) in [5.74, 6) is -0.0676. The predicted octanol–water partition coefficient (Wildman–Crippen LogP) is 3.82. The number of carbonyl (C=O) groups is 1. The van der Waals surface area contributed by atoms with E-state index in [2.05, 4.69) is 22.5 Å². The molecular weight excluding hydrogens is 357 g/mol. The summed E-state index contributed by atoms with van der Waals surface area (Å²) in [5, 5.41) is 7.13. The second kappa shape index (κ2) is 10.4. The Bertz CT molecular complexity index is 487. The molecule has 1 saturated heterocycles. The van der Waals surface area contributed by atoms with E-state index in [-0.39, 0.29) is 18.3 Å². The summed E-state index contributed by atoms with van der Waals surface area (Å²) in [4.78, 5) is 14.6. The third kappa shape index (κ3) is 6.12. The van der Waals surface area contributed by atoms with E-state index in [1.165, 1.54) is 0 Å². The van der Waals surface area contributed by atoms with Crippen LogP contribution in [-0.4, -0.2) is 43.0 Å². The second-order valence-corrected chi connectivity index (χ2v) is 6.41. The Morgan fingerprint density at radius 3 is 2.48 bits per heavy atom. The van der Waals surface area contributed by atoms with Crippen molar-refractivity contribution in [2.24, 2.45) is 0 Å². The van der Waals surface area contributed by atoms with Crippen molar-refractivity contribution in [3.63, 3.8) is 0 Å². The van der Waals surface area contributed by atoms with Crippen LogP contribution in [0.5, 0.6) is 0 Å². The molecule has 1 heterocycles. The zero-order valence-electron chi connectivity index (χ0n) is 13.3. The zero-order valence-corrected chi connectivity index (χ0v) is 15.6. The summed E-state index contributed by atoms with van der Waals surface area (Å²) in [5.41, 5.74) is 0.498. The monoisotopic (exact) mass is 379 g/mol.